The van der Waals surface area contributed by atoms with Crippen LogP contribution in [-0.2, 0) is 12.6 Å². The summed E-state index contributed by atoms with van der Waals surface area (Å²) in [6.07, 6.45) is 4.99. The number of thioether (sulfide) groups is 1. The number of nitrogens with zero attached hydrogens (tertiary/aromatic N) is 2. The Hall–Kier alpha value is -1.86. The van der Waals surface area contributed by atoms with Crippen molar-refractivity contribution in [3.63, 3.8) is 0 Å². The topological polar surface area (TPSA) is 67.2 Å². The number of halogens is 1. The molecule has 0 spiro atoms. The number of benzene rings is 1. The van der Waals surface area contributed by atoms with Gasteiger partial charge in [-0.05, 0) is 31.4 Å². The third-order valence-electron chi connectivity index (χ3n) is 3.33. The Balaban J connectivity index is 2.06. The number of rotatable bonds is 5. The van der Waals surface area contributed by atoms with E-state index in [2.05, 4.69) is 10.4 Å². The molecule has 1 heterocycles. The van der Waals surface area contributed by atoms with Gasteiger partial charge in [0, 0.05) is 29.3 Å². The summed E-state index contributed by atoms with van der Waals surface area (Å²) in [6.45, 7) is 1.63. The van der Waals surface area contributed by atoms with E-state index >= 15 is 0 Å². The summed E-state index contributed by atoms with van der Waals surface area (Å²) in [7, 11) is 1.75. The summed E-state index contributed by atoms with van der Waals surface area (Å²) < 4.78 is 15.0. The highest BCUT2D eigenvalue weighted by molar-refractivity contribution is 7.98. The minimum atomic E-state index is -1.23. The summed E-state index contributed by atoms with van der Waals surface area (Å²) in [5.74, 6) is -0.717. The maximum Gasteiger partial charge on any atom is 0.251 e. The van der Waals surface area contributed by atoms with Crippen molar-refractivity contribution in [2.24, 2.45) is 7.05 Å². The lowest BCUT2D eigenvalue weighted by molar-refractivity contribution is 0.0525. The first-order chi connectivity index (χ1) is 10.3. The highest BCUT2D eigenvalue weighted by Crippen LogP contribution is 2.21. The molecule has 118 valence electrons. The van der Waals surface area contributed by atoms with E-state index in [9.17, 15) is 14.3 Å². The Kier molecular flexibility index (Phi) is 4.87. The van der Waals surface area contributed by atoms with Gasteiger partial charge in [0.1, 0.15) is 11.4 Å². The van der Waals surface area contributed by atoms with Gasteiger partial charge in [0.2, 0.25) is 0 Å². The summed E-state index contributed by atoms with van der Waals surface area (Å²) in [5.41, 5.74) is -0.265. The Bertz CT molecular complexity index is 685. The zero-order valence-corrected chi connectivity index (χ0v) is 13.4. The van der Waals surface area contributed by atoms with Crippen molar-refractivity contribution in [2.45, 2.75) is 17.4 Å². The molecule has 0 fully saturated rings. The number of hydrogen-bond donors (Lipinski definition) is 2. The third-order valence-corrected chi connectivity index (χ3v) is 4.09. The largest absolute Gasteiger partial charge is 0.383 e. The molecule has 0 saturated carbocycles. The minimum Gasteiger partial charge on any atom is -0.383 e. The van der Waals surface area contributed by atoms with Gasteiger partial charge in [0.25, 0.3) is 5.91 Å². The Morgan fingerprint density at radius 3 is 2.86 bits per heavy atom. The average molecular weight is 323 g/mol. The number of aryl methyl sites for hydroxylation is 1. The number of carbonyl (C=O) groups is 1. The van der Waals surface area contributed by atoms with Crippen LogP contribution in [0.5, 0.6) is 0 Å². The van der Waals surface area contributed by atoms with Gasteiger partial charge >= 0.3 is 0 Å². The van der Waals surface area contributed by atoms with E-state index in [1.165, 1.54) is 30.0 Å². The van der Waals surface area contributed by atoms with Gasteiger partial charge in [-0.15, -0.1) is 11.8 Å². The Labute approximate surface area is 132 Å². The zero-order chi connectivity index (χ0) is 16.3. The minimum absolute atomic E-state index is 0.0313. The summed E-state index contributed by atoms with van der Waals surface area (Å²) in [6, 6.07) is 4.18. The van der Waals surface area contributed by atoms with Crippen LogP contribution in [0.15, 0.2) is 35.5 Å². The molecule has 1 unspecified atom stereocenters. The van der Waals surface area contributed by atoms with Crippen molar-refractivity contribution in [1.82, 2.24) is 15.1 Å². The molecule has 1 aromatic carbocycles. The van der Waals surface area contributed by atoms with E-state index in [1.54, 1.807) is 37.3 Å². The molecule has 0 saturated heterocycles. The van der Waals surface area contributed by atoms with Crippen molar-refractivity contribution in [1.29, 1.82) is 0 Å². The van der Waals surface area contributed by atoms with Crippen LogP contribution in [0.3, 0.4) is 0 Å². The van der Waals surface area contributed by atoms with Gasteiger partial charge < -0.3 is 10.4 Å². The lowest BCUT2D eigenvalue weighted by Crippen LogP contribution is -2.38. The molecule has 2 aromatic rings. The van der Waals surface area contributed by atoms with Crippen molar-refractivity contribution in [3.05, 3.63) is 47.5 Å². The van der Waals surface area contributed by atoms with E-state index in [-0.39, 0.29) is 18.3 Å². The fourth-order valence-corrected chi connectivity index (χ4v) is 2.46. The van der Waals surface area contributed by atoms with Gasteiger partial charge in [0.05, 0.1) is 12.7 Å². The molecular weight excluding hydrogens is 305 g/mol. The van der Waals surface area contributed by atoms with Crippen molar-refractivity contribution < 1.29 is 14.3 Å². The number of aromatic nitrogens is 2. The normalized spacial score (nSPS) is 13.7. The number of amides is 1. The predicted octanol–water partition coefficient (Wildman–Crippen LogP) is 1.92. The smallest absolute Gasteiger partial charge is 0.251 e. The second-order valence-corrected chi connectivity index (χ2v) is 6.06. The van der Waals surface area contributed by atoms with E-state index in [0.717, 1.165) is 0 Å². The molecule has 2 rings (SSSR count). The molecule has 0 radical (unpaired) electrons. The van der Waals surface area contributed by atoms with Gasteiger partial charge in [-0.3, -0.25) is 9.48 Å². The highest BCUT2D eigenvalue weighted by atomic mass is 32.2. The second kappa shape index (κ2) is 6.50. The first kappa shape index (κ1) is 16.5. The lowest BCUT2D eigenvalue weighted by atomic mass is 9.99. The first-order valence-corrected chi connectivity index (χ1v) is 7.89. The van der Waals surface area contributed by atoms with E-state index in [0.29, 0.717) is 16.0 Å². The van der Waals surface area contributed by atoms with Crippen LogP contribution < -0.4 is 5.32 Å². The first-order valence-electron chi connectivity index (χ1n) is 6.67. The van der Waals surface area contributed by atoms with Crippen LogP contribution >= 0.6 is 11.8 Å². The summed E-state index contributed by atoms with van der Waals surface area (Å²) in [5, 5.41) is 17.1. The zero-order valence-electron chi connectivity index (χ0n) is 12.6. The molecule has 5 nitrogen and oxygen atoms in total. The van der Waals surface area contributed by atoms with Crippen LogP contribution in [0.2, 0.25) is 0 Å². The molecule has 0 aliphatic rings. The molecule has 2 N–H and O–H groups in total. The molecule has 1 atom stereocenters. The number of aliphatic hydroxyl groups is 1. The summed E-state index contributed by atoms with van der Waals surface area (Å²) in [4.78, 5) is 12.5. The van der Waals surface area contributed by atoms with Crippen LogP contribution in [-0.4, -0.2) is 33.6 Å². The molecule has 1 aromatic heterocycles. The Morgan fingerprint density at radius 2 is 2.27 bits per heavy atom. The third kappa shape index (κ3) is 3.66. The van der Waals surface area contributed by atoms with Crippen LogP contribution in [0.25, 0.3) is 0 Å². The molecule has 7 heteroatoms. The van der Waals surface area contributed by atoms with E-state index in [4.69, 9.17) is 0 Å². The Morgan fingerprint density at radius 1 is 1.55 bits per heavy atom. The molecule has 0 bridgehead atoms. The maximum absolute atomic E-state index is 13.4. The van der Waals surface area contributed by atoms with Gasteiger partial charge in [-0.2, -0.15) is 5.10 Å². The molecule has 22 heavy (non-hydrogen) atoms. The number of nitrogens with one attached hydrogen (secondary N) is 1. The molecule has 0 aliphatic heterocycles. The fraction of sp³-hybridized carbons (Fsp3) is 0.333. The predicted molar refractivity (Wildman–Crippen MR) is 83.3 cm³/mol. The molecular formula is C15H18FN3O2S. The van der Waals surface area contributed by atoms with Crippen molar-refractivity contribution in [3.8, 4) is 0 Å². The fourth-order valence-electron chi connectivity index (χ4n) is 1.96. The van der Waals surface area contributed by atoms with Crippen LogP contribution in [0, 0.1) is 5.82 Å². The van der Waals surface area contributed by atoms with E-state index in [1.807, 2.05) is 0 Å². The quantitative estimate of drug-likeness (QED) is 0.825. The highest BCUT2D eigenvalue weighted by Gasteiger charge is 2.25. The van der Waals surface area contributed by atoms with Crippen LogP contribution in [0.1, 0.15) is 22.8 Å². The van der Waals surface area contributed by atoms with Gasteiger partial charge in [0.15, 0.2) is 0 Å². The van der Waals surface area contributed by atoms with Gasteiger partial charge in [-0.25, -0.2) is 4.39 Å². The SMILES string of the molecule is CSc1cc(C(=O)NCC(C)(O)c2cnn(C)c2)ccc1F. The van der Waals surface area contributed by atoms with Gasteiger partial charge in [-0.1, -0.05) is 0 Å². The monoisotopic (exact) mass is 323 g/mol. The standard InChI is InChI=1S/C15H18FN3O2S/c1-15(21,11-7-18-19(2)8-11)9-17-14(20)10-4-5-12(16)13(6-10)22-3/h4-8,21H,9H2,1-3H3,(H,17,20). The average Bonchev–Trinajstić information content (AvgIpc) is 2.93. The number of carbonyl (C=O) groups excluding carboxylic acids is 1. The van der Waals surface area contributed by atoms with Crippen molar-refractivity contribution in [2.75, 3.05) is 12.8 Å². The van der Waals surface area contributed by atoms with E-state index < -0.39 is 5.60 Å². The van der Waals surface area contributed by atoms with Crippen LogP contribution in [0.4, 0.5) is 4.39 Å². The van der Waals surface area contributed by atoms with Crippen molar-refractivity contribution >= 4 is 17.7 Å². The summed E-state index contributed by atoms with van der Waals surface area (Å²) >= 11 is 1.23. The number of hydrogen-bond acceptors (Lipinski definition) is 4. The molecule has 1 amide bonds. The molecule has 0 aliphatic carbocycles. The maximum atomic E-state index is 13.4. The lowest BCUT2D eigenvalue weighted by Gasteiger charge is -2.22. The second-order valence-electron chi connectivity index (χ2n) is 5.21.